The van der Waals surface area contributed by atoms with Crippen LogP contribution in [-0.2, 0) is 9.53 Å². The van der Waals surface area contributed by atoms with Crippen molar-refractivity contribution in [3.05, 3.63) is 42.6 Å². The van der Waals surface area contributed by atoms with Crippen molar-refractivity contribution >= 4 is 40.4 Å². The number of hydrogen-bond acceptors (Lipinski definition) is 7. The normalized spacial score (nSPS) is 15.1. The molecule has 28 heavy (non-hydrogen) atoms. The highest BCUT2D eigenvalue weighted by atomic mass is 16.5. The molecule has 0 saturated heterocycles. The lowest BCUT2D eigenvalue weighted by Gasteiger charge is -2.20. The second-order valence-electron chi connectivity index (χ2n) is 6.02. The van der Waals surface area contributed by atoms with Gasteiger partial charge in [-0.1, -0.05) is 0 Å². The number of carbonyl (C=O) groups excluding carboxylic acids is 1. The molecule has 0 bridgehead atoms. The van der Waals surface area contributed by atoms with Gasteiger partial charge in [-0.05, 0) is 57.2 Å². The van der Waals surface area contributed by atoms with Gasteiger partial charge in [0.05, 0.1) is 18.0 Å². The third kappa shape index (κ3) is 3.80. The van der Waals surface area contributed by atoms with Gasteiger partial charge in [-0.2, -0.15) is 5.01 Å². The summed E-state index contributed by atoms with van der Waals surface area (Å²) in [6.07, 6.45) is 1.55. The maximum absolute atomic E-state index is 12.9. The number of aliphatic imine (C=N–C) groups is 1. The van der Waals surface area contributed by atoms with Crippen LogP contribution in [0.25, 0.3) is 0 Å². The van der Waals surface area contributed by atoms with E-state index in [9.17, 15) is 4.79 Å². The molecule has 0 spiro atoms. The number of rotatable bonds is 6. The standard InChI is InChI=1S/C20H24N6O2/c1-4-25(5-2)15-11-9-14(10-12-15)23-17-19(28-6-3)24-26(20(17)27)18-16(21)8-7-13-22-18/h7-13H,4-6,21H2,1-3H3. The Labute approximate surface area is 164 Å². The fourth-order valence-corrected chi connectivity index (χ4v) is 2.89. The average Bonchev–Trinajstić information content (AvgIpc) is 3.00. The van der Waals surface area contributed by atoms with Crippen LogP contribution in [0.1, 0.15) is 20.8 Å². The minimum absolute atomic E-state index is 0.127. The van der Waals surface area contributed by atoms with E-state index in [1.54, 1.807) is 18.3 Å². The molecule has 0 aliphatic carbocycles. The third-order valence-electron chi connectivity index (χ3n) is 4.31. The number of nitrogen functional groups attached to an aromatic ring is 1. The number of benzene rings is 1. The van der Waals surface area contributed by atoms with Crippen molar-refractivity contribution in [2.75, 3.05) is 35.3 Å². The number of ether oxygens (including phenoxy) is 1. The zero-order valence-electron chi connectivity index (χ0n) is 16.3. The number of nitrogens with zero attached hydrogens (tertiary/aromatic N) is 5. The number of hydrazone groups is 1. The van der Waals surface area contributed by atoms with E-state index in [2.05, 4.69) is 33.8 Å². The summed E-state index contributed by atoms with van der Waals surface area (Å²) in [5, 5.41) is 5.36. The lowest BCUT2D eigenvalue weighted by atomic mass is 10.2. The van der Waals surface area contributed by atoms with Crippen LogP contribution in [0, 0.1) is 0 Å². The summed E-state index contributed by atoms with van der Waals surface area (Å²) in [6.45, 7) is 8.24. The van der Waals surface area contributed by atoms with Crippen molar-refractivity contribution in [3.63, 3.8) is 0 Å². The van der Waals surface area contributed by atoms with E-state index in [0.29, 0.717) is 18.0 Å². The third-order valence-corrected chi connectivity index (χ3v) is 4.31. The molecular formula is C20H24N6O2. The Kier molecular flexibility index (Phi) is 5.88. The van der Waals surface area contributed by atoms with Crippen LogP contribution in [0.15, 0.2) is 52.7 Å². The summed E-state index contributed by atoms with van der Waals surface area (Å²) in [7, 11) is 0. The zero-order valence-corrected chi connectivity index (χ0v) is 16.3. The molecule has 0 atom stereocenters. The van der Waals surface area contributed by atoms with Crippen molar-refractivity contribution in [3.8, 4) is 0 Å². The summed E-state index contributed by atoms with van der Waals surface area (Å²) < 4.78 is 5.53. The summed E-state index contributed by atoms with van der Waals surface area (Å²) in [6, 6.07) is 11.1. The van der Waals surface area contributed by atoms with Gasteiger partial charge < -0.3 is 15.4 Å². The van der Waals surface area contributed by atoms with E-state index in [1.165, 1.54) is 0 Å². The number of nitrogens with two attached hydrogens (primary N) is 1. The first-order valence-corrected chi connectivity index (χ1v) is 9.29. The molecule has 1 aromatic carbocycles. The smallest absolute Gasteiger partial charge is 0.304 e. The molecule has 2 heterocycles. The van der Waals surface area contributed by atoms with Crippen LogP contribution in [0.4, 0.5) is 22.9 Å². The molecule has 0 saturated carbocycles. The van der Waals surface area contributed by atoms with E-state index in [1.807, 2.05) is 31.2 Å². The topological polar surface area (TPSA) is 96.4 Å². The second-order valence-corrected chi connectivity index (χ2v) is 6.02. The van der Waals surface area contributed by atoms with Gasteiger partial charge >= 0.3 is 5.91 Å². The molecule has 146 valence electrons. The molecule has 1 aromatic heterocycles. The van der Waals surface area contributed by atoms with Crippen LogP contribution in [0.2, 0.25) is 0 Å². The number of anilines is 3. The van der Waals surface area contributed by atoms with E-state index in [-0.39, 0.29) is 17.4 Å². The first-order valence-electron chi connectivity index (χ1n) is 9.29. The molecule has 0 unspecified atom stereocenters. The largest absolute Gasteiger partial charge is 0.475 e. The Balaban J connectivity index is 1.93. The Hall–Kier alpha value is -3.42. The monoisotopic (exact) mass is 380 g/mol. The fraction of sp³-hybridized carbons (Fsp3) is 0.300. The van der Waals surface area contributed by atoms with Gasteiger partial charge in [-0.3, -0.25) is 4.79 Å². The molecule has 1 amide bonds. The highest BCUT2D eigenvalue weighted by Gasteiger charge is 2.36. The Bertz CT molecular complexity index is 903. The van der Waals surface area contributed by atoms with Crippen LogP contribution in [0.3, 0.4) is 0 Å². The molecule has 0 radical (unpaired) electrons. The van der Waals surface area contributed by atoms with Crippen LogP contribution < -0.4 is 15.6 Å². The van der Waals surface area contributed by atoms with E-state index < -0.39 is 5.91 Å². The van der Waals surface area contributed by atoms with Crippen LogP contribution in [0.5, 0.6) is 0 Å². The van der Waals surface area contributed by atoms with E-state index in [0.717, 1.165) is 23.8 Å². The SMILES string of the molecule is CCOC1=NN(c2ncccc2N)C(=O)C1=Nc1ccc(N(CC)CC)cc1. The fourth-order valence-electron chi connectivity index (χ4n) is 2.89. The maximum atomic E-state index is 12.9. The van der Waals surface area contributed by atoms with E-state index >= 15 is 0 Å². The summed E-state index contributed by atoms with van der Waals surface area (Å²) >= 11 is 0. The first kappa shape index (κ1) is 19.3. The summed E-state index contributed by atoms with van der Waals surface area (Å²) in [4.78, 5) is 23.8. The zero-order chi connectivity index (χ0) is 20.1. The maximum Gasteiger partial charge on any atom is 0.304 e. The summed E-state index contributed by atoms with van der Waals surface area (Å²) in [5.41, 5.74) is 8.16. The van der Waals surface area contributed by atoms with Gasteiger partial charge in [0.1, 0.15) is 0 Å². The van der Waals surface area contributed by atoms with Crippen molar-refractivity contribution in [2.45, 2.75) is 20.8 Å². The molecule has 0 fully saturated rings. The number of carbonyl (C=O) groups is 1. The lowest BCUT2D eigenvalue weighted by molar-refractivity contribution is -0.112. The Morgan fingerprint density at radius 2 is 1.86 bits per heavy atom. The number of hydrogen-bond donors (Lipinski definition) is 1. The van der Waals surface area contributed by atoms with E-state index in [4.69, 9.17) is 10.5 Å². The second kappa shape index (κ2) is 8.51. The molecule has 3 rings (SSSR count). The van der Waals surface area contributed by atoms with Gasteiger partial charge in [0.15, 0.2) is 11.5 Å². The Morgan fingerprint density at radius 3 is 2.46 bits per heavy atom. The van der Waals surface area contributed by atoms with Crippen LogP contribution in [-0.4, -0.2) is 42.2 Å². The van der Waals surface area contributed by atoms with Crippen molar-refractivity contribution in [1.29, 1.82) is 0 Å². The number of amides is 1. The predicted molar refractivity (Wildman–Crippen MR) is 112 cm³/mol. The summed E-state index contributed by atoms with van der Waals surface area (Å²) in [5.74, 6) is -0.0150. The van der Waals surface area contributed by atoms with Crippen molar-refractivity contribution in [1.82, 2.24) is 4.98 Å². The average molecular weight is 380 g/mol. The van der Waals surface area contributed by atoms with Gasteiger partial charge in [0.2, 0.25) is 0 Å². The van der Waals surface area contributed by atoms with Crippen molar-refractivity contribution < 1.29 is 9.53 Å². The first-order chi connectivity index (χ1) is 13.6. The highest BCUT2D eigenvalue weighted by molar-refractivity contribution is 6.70. The molecule has 2 N–H and O–H groups in total. The highest BCUT2D eigenvalue weighted by Crippen LogP contribution is 2.26. The molecule has 8 heteroatoms. The molecule has 1 aliphatic heterocycles. The molecule has 2 aromatic rings. The predicted octanol–water partition coefficient (Wildman–Crippen LogP) is 2.98. The van der Waals surface area contributed by atoms with Gasteiger partial charge in [0.25, 0.3) is 5.90 Å². The molecular weight excluding hydrogens is 356 g/mol. The minimum atomic E-state index is -0.429. The van der Waals surface area contributed by atoms with Crippen molar-refractivity contribution in [2.24, 2.45) is 10.1 Å². The van der Waals surface area contributed by atoms with Crippen LogP contribution >= 0.6 is 0 Å². The number of aromatic nitrogens is 1. The van der Waals surface area contributed by atoms with Gasteiger partial charge in [0, 0.05) is 25.0 Å². The number of pyridine rings is 1. The lowest BCUT2D eigenvalue weighted by Crippen LogP contribution is -2.29. The quantitative estimate of drug-likeness (QED) is 0.831. The minimum Gasteiger partial charge on any atom is -0.475 e. The molecule has 1 aliphatic rings. The Morgan fingerprint density at radius 1 is 1.14 bits per heavy atom. The van der Waals surface area contributed by atoms with Gasteiger partial charge in [-0.25, -0.2) is 9.98 Å². The molecule has 8 nitrogen and oxygen atoms in total. The van der Waals surface area contributed by atoms with Gasteiger partial charge in [-0.15, -0.1) is 5.10 Å².